The van der Waals surface area contributed by atoms with Gasteiger partial charge in [-0.3, -0.25) is 9.69 Å². The van der Waals surface area contributed by atoms with Gasteiger partial charge in [0.05, 0.1) is 18.5 Å². The Kier molecular flexibility index (Phi) is 6.03. The van der Waals surface area contributed by atoms with Gasteiger partial charge in [0.1, 0.15) is 29.4 Å². The molecule has 0 unspecified atom stereocenters. The Morgan fingerprint density at radius 2 is 1.90 bits per heavy atom. The lowest BCUT2D eigenvalue weighted by atomic mass is 10.1. The van der Waals surface area contributed by atoms with Gasteiger partial charge in [-0.25, -0.2) is 9.78 Å². The Balaban J connectivity index is 1.79. The van der Waals surface area contributed by atoms with E-state index in [9.17, 15) is 9.59 Å². The minimum atomic E-state index is -0.459. The van der Waals surface area contributed by atoms with Gasteiger partial charge in [-0.15, -0.1) is 11.3 Å². The van der Waals surface area contributed by atoms with Crippen molar-refractivity contribution < 1.29 is 23.5 Å². The average Bonchev–Trinajstić information content (AvgIpc) is 3.24. The molecule has 8 heteroatoms. The topological polar surface area (TPSA) is 81.9 Å². The zero-order chi connectivity index (χ0) is 21.1. The van der Waals surface area contributed by atoms with Crippen LogP contribution in [0.25, 0.3) is 0 Å². The van der Waals surface area contributed by atoms with E-state index < -0.39 is 5.97 Å². The van der Waals surface area contributed by atoms with Gasteiger partial charge in [0.15, 0.2) is 5.13 Å². The molecule has 2 heterocycles. The van der Waals surface area contributed by atoms with Crippen molar-refractivity contribution >= 4 is 34.0 Å². The van der Waals surface area contributed by atoms with Gasteiger partial charge in [-0.05, 0) is 32.9 Å². The number of nitrogens with zero attached hydrogens (tertiary/aromatic N) is 2. The minimum Gasteiger partial charge on any atom is -0.495 e. The van der Waals surface area contributed by atoms with Crippen LogP contribution in [-0.4, -0.2) is 24.0 Å². The molecule has 0 atom stereocenters. The maximum absolute atomic E-state index is 12.4. The number of para-hydroxylation sites is 2. The number of amides is 1. The monoisotopic (exact) mass is 414 g/mol. The van der Waals surface area contributed by atoms with Crippen molar-refractivity contribution in [3.8, 4) is 5.75 Å². The normalized spacial score (nSPS) is 10.7. The molecule has 0 N–H and O–H groups in total. The number of furan rings is 1. The first-order valence-corrected chi connectivity index (χ1v) is 9.83. The summed E-state index contributed by atoms with van der Waals surface area (Å²) in [4.78, 5) is 30.7. The molecule has 0 aliphatic rings. The Morgan fingerprint density at radius 1 is 1.17 bits per heavy atom. The summed E-state index contributed by atoms with van der Waals surface area (Å²) in [5.74, 6) is 1.13. The van der Waals surface area contributed by atoms with E-state index in [2.05, 4.69) is 4.98 Å². The average molecular weight is 414 g/mol. The van der Waals surface area contributed by atoms with Gasteiger partial charge in [0, 0.05) is 17.9 Å². The van der Waals surface area contributed by atoms with Crippen LogP contribution < -0.4 is 9.64 Å². The zero-order valence-electron chi connectivity index (χ0n) is 16.9. The molecule has 0 spiro atoms. The molecular weight excluding hydrogens is 392 g/mol. The first-order chi connectivity index (χ1) is 13.8. The van der Waals surface area contributed by atoms with E-state index in [0.29, 0.717) is 39.3 Å². The predicted molar refractivity (Wildman–Crippen MR) is 110 cm³/mol. The molecule has 0 bridgehead atoms. The van der Waals surface area contributed by atoms with Crippen LogP contribution in [0.2, 0.25) is 0 Å². The van der Waals surface area contributed by atoms with Crippen molar-refractivity contribution in [1.29, 1.82) is 0 Å². The number of aromatic nitrogens is 1. The molecule has 0 fully saturated rings. The number of hydrogen-bond acceptors (Lipinski definition) is 7. The van der Waals surface area contributed by atoms with Crippen LogP contribution in [0.4, 0.5) is 10.8 Å². The highest BCUT2D eigenvalue weighted by Crippen LogP contribution is 2.35. The first kappa shape index (κ1) is 20.6. The van der Waals surface area contributed by atoms with Crippen LogP contribution in [0.5, 0.6) is 5.75 Å². The van der Waals surface area contributed by atoms with Crippen molar-refractivity contribution in [2.24, 2.45) is 0 Å². The summed E-state index contributed by atoms with van der Waals surface area (Å²) in [5, 5.41) is 2.23. The third-order valence-corrected chi connectivity index (χ3v) is 5.36. The van der Waals surface area contributed by atoms with Crippen molar-refractivity contribution in [2.75, 3.05) is 12.0 Å². The summed E-state index contributed by atoms with van der Waals surface area (Å²) in [5.41, 5.74) is 2.36. The smallest absolute Gasteiger partial charge is 0.342 e. The SMILES string of the molecule is COc1ccccc1N(C(C)=O)c1nc(COC(=O)c2c(C)oc(C)c2C)cs1. The van der Waals surface area contributed by atoms with Crippen molar-refractivity contribution in [2.45, 2.75) is 34.3 Å². The number of ether oxygens (including phenoxy) is 2. The number of anilines is 2. The summed E-state index contributed by atoms with van der Waals surface area (Å²) >= 11 is 1.29. The predicted octanol–water partition coefficient (Wildman–Crippen LogP) is 4.71. The number of hydrogen-bond donors (Lipinski definition) is 0. The van der Waals surface area contributed by atoms with Crippen molar-refractivity contribution in [3.63, 3.8) is 0 Å². The van der Waals surface area contributed by atoms with Gasteiger partial charge in [0.25, 0.3) is 0 Å². The van der Waals surface area contributed by atoms with E-state index in [1.54, 1.807) is 38.5 Å². The fourth-order valence-corrected chi connectivity index (χ4v) is 3.86. The molecule has 29 heavy (non-hydrogen) atoms. The first-order valence-electron chi connectivity index (χ1n) is 8.95. The van der Waals surface area contributed by atoms with Gasteiger partial charge >= 0.3 is 5.97 Å². The lowest BCUT2D eigenvalue weighted by Crippen LogP contribution is -2.23. The fraction of sp³-hybridized carbons (Fsp3) is 0.286. The van der Waals surface area contributed by atoms with Crippen LogP contribution in [0.1, 0.15) is 40.1 Å². The van der Waals surface area contributed by atoms with Gasteiger partial charge in [-0.1, -0.05) is 12.1 Å². The molecule has 1 aromatic carbocycles. The third-order valence-electron chi connectivity index (χ3n) is 4.49. The summed E-state index contributed by atoms with van der Waals surface area (Å²) in [6, 6.07) is 7.21. The molecule has 0 saturated carbocycles. The quantitative estimate of drug-likeness (QED) is 0.543. The Labute approximate surface area is 172 Å². The van der Waals surface area contributed by atoms with Crippen LogP contribution in [-0.2, 0) is 16.1 Å². The molecule has 2 aromatic heterocycles. The van der Waals surface area contributed by atoms with E-state index in [0.717, 1.165) is 5.56 Å². The molecule has 0 radical (unpaired) electrons. The Hall–Kier alpha value is -3.13. The number of carbonyl (C=O) groups excluding carboxylic acids is 2. The number of thiazole rings is 1. The highest BCUT2D eigenvalue weighted by molar-refractivity contribution is 7.14. The molecule has 3 aromatic rings. The summed E-state index contributed by atoms with van der Waals surface area (Å²) in [6.07, 6.45) is 0. The van der Waals surface area contributed by atoms with Crippen molar-refractivity contribution in [1.82, 2.24) is 4.98 Å². The number of rotatable bonds is 6. The highest BCUT2D eigenvalue weighted by Gasteiger charge is 2.23. The van der Waals surface area contributed by atoms with Gasteiger partial charge in [0.2, 0.25) is 5.91 Å². The Morgan fingerprint density at radius 3 is 2.52 bits per heavy atom. The standard InChI is InChI=1S/C21H22N2O5S/c1-12-13(2)28-14(3)19(12)20(25)27-10-16-11-29-21(22-16)23(15(4)24)17-8-6-7-9-18(17)26-5/h6-9,11H,10H2,1-5H3. The minimum absolute atomic E-state index is 0.00386. The lowest BCUT2D eigenvalue weighted by molar-refractivity contribution is -0.115. The molecule has 3 rings (SSSR count). The van der Waals surface area contributed by atoms with E-state index in [1.807, 2.05) is 19.1 Å². The number of methoxy groups -OCH3 is 1. The second-order valence-electron chi connectivity index (χ2n) is 6.44. The summed E-state index contributed by atoms with van der Waals surface area (Å²) in [6.45, 7) is 6.81. The molecular formula is C21H22N2O5S. The lowest BCUT2D eigenvalue weighted by Gasteiger charge is -2.20. The Bertz CT molecular complexity index is 1050. The van der Waals surface area contributed by atoms with E-state index in [1.165, 1.54) is 23.2 Å². The van der Waals surface area contributed by atoms with Crippen LogP contribution in [0.3, 0.4) is 0 Å². The summed E-state index contributed by atoms with van der Waals surface area (Å²) in [7, 11) is 1.55. The van der Waals surface area contributed by atoms with Gasteiger partial charge < -0.3 is 13.9 Å². The third kappa shape index (κ3) is 4.17. The molecule has 152 valence electrons. The van der Waals surface area contributed by atoms with Crippen molar-refractivity contribution in [3.05, 3.63) is 58.0 Å². The highest BCUT2D eigenvalue weighted by atomic mass is 32.1. The maximum Gasteiger partial charge on any atom is 0.342 e. The number of benzene rings is 1. The second-order valence-corrected chi connectivity index (χ2v) is 7.27. The molecule has 1 amide bonds. The largest absolute Gasteiger partial charge is 0.495 e. The zero-order valence-corrected chi connectivity index (χ0v) is 17.8. The molecule has 0 saturated heterocycles. The number of carbonyl (C=O) groups is 2. The van der Waals surface area contributed by atoms with Crippen LogP contribution in [0, 0.1) is 20.8 Å². The van der Waals surface area contributed by atoms with Gasteiger partial charge in [-0.2, -0.15) is 0 Å². The molecule has 0 aliphatic heterocycles. The second kappa shape index (κ2) is 8.48. The molecule has 0 aliphatic carbocycles. The van der Waals surface area contributed by atoms with E-state index >= 15 is 0 Å². The number of esters is 1. The number of aryl methyl sites for hydroxylation is 2. The van der Waals surface area contributed by atoms with E-state index in [4.69, 9.17) is 13.9 Å². The van der Waals surface area contributed by atoms with Crippen LogP contribution >= 0.6 is 11.3 Å². The maximum atomic E-state index is 12.4. The van der Waals surface area contributed by atoms with Crippen LogP contribution in [0.15, 0.2) is 34.1 Å². The fourth-order valence-electron chi connectivity index (χ4n) is 2.99. The van der Waals surface area contributed by atoms with E-state index in [-0.39, 0.29) is 12.5 Å². The molecule has 7 nitrogen and oxygen atoms in total. The summed E-state index contributed by atoms with van der Waals surface area (Å²) < 4.78 is 16.3.